The minimum absolute atomic E-state index is 0.561. The first-order valence-corrected chi connectivity index (χ1v) is 13.9. The van der Waals surface area contributed by atoms with E-state index in [2.05, 4.69) is 55.4 Å². The second kappa shape index (κ2) is 6.53. The SMILES string of the molecule is CC(C)[C@H]1CC[C@]2(C)[C@H]3CC[C@@H]4[C@@]5(C)CCCC(C)(C)[C@H]5CC[C@@]4(C)[C@]3(C)CC[C@@H]12. The van der Waals surface area contributed by atoms with E-state index in [9.17, 15) is 0 Å². The number of fused-ring (bicyclic) bond motifs is 7. The molecule has 5 saturated carbocycles. The monoisotopic (exact) mass is 412 g/mol. The fraction of sp³-hybridized carbons (Fsp3) is 1.00. The van der Waals surface area contributed by atoms with E-state index in [1.54, 1.807) is 0 Å². The van der Waals surface area contributed by atoms with Gasteiger partial charge in [0, 0.05) is 0 Å². The summed E-state index contributed by atoms with van der Waals surface area (Å²) in [7, 11) is 0. The molecule has 5 rings (SSSR count). The molecular weight excluding hydrogens is 360 g/mol. The lowest BCUT2D eigenvalue weighted by molar-refractivity contribution is -0.241. The summed E-state index contributed by atoms with van der Waals surface area (Å²) in [5.41, 5.74) is 2.92. The number of hydrogen-bond donors (Lipinski definition) is 0. The predicted octanol–water partition coefficient (Wildman–Crippen LogP) is 9.13. The molecule has 0 amide bonds. The molecule has 5 aliphatic carbocycles. The van der Waals surface area contributed by atoms with E-state index in [1.165, 1.54) is 70.6 Å². The summed E-state index contributed by atoms with van der Waals surface area (Å²) >= 11 is 0. The van der Waals surface area contributed by atoms with Gasteiger partial charge in [0.25, 0.3) is 0 Å². The average molecular weight is 413 g/mol. The zero-order valence-electron chi connectivity index (χ0n) is 21.7. The molecule has 0 heteroatoms. The highest BCUT2D eigenvalue weighted by Gasteiger charge is 2.70. The van der Waals surface area contributed by atoms with Crippen LogP contribution in [0.15, 0.2) is 0 Å². The maximum absolute atomic E-state index is 2.81. The molecule has 0 N–H and O–H groups in total. The Morgan fingerprint density at radius 1 is 0.567 bits per heavy atom. The van der Waals surface area contributed by atoms with Crippen LogP contribution in [0.25, 0.3) is 0 Å². The Labute approximate surface area is 188 Å². The lowest BCUT2D eigenvalue weighted by Crippen LogP contribution is -2.65. The molecule has 0 aromatic carbocycles. The van der Waals surface area contributed by atoms with E-state index in [0.29, 0.717) is 27.1 Å². The van der Waals surface area contributed by atoms with Gasteiger partial charge in [0.15, 0.2) is 0 Å². The third kappa shape index (κ3) is 2.52. The number of hydrogen-bond acceptors (Lipinski definition) is 0. The Hall–Kier alpha value is 0. The Balaban J connectivity index is 1.52. The quantitative estimate of drug-likeness (QED) is 0.402. The number of rotatable bonds is 1. The summed E-state index contributed by atoms with van der Waals surface area (Å²) in [4.78, 5) is 0. The van der Waals surface area contributed by atoms with Crippen LogP contribution in [0.4, 0.5) is 0 Å². The van der Waals surface area contributed by atoms with Crippen LogP contribution in [-0.4, -0.2) is 0 Å². The Bertz CT molecular complexity index is 688. The molecule has 0 aliphatic heterocycles. The molecule has 0 heterocycles. The Morgan fingerprint density at radius 3 is 1.80 bits per heavy atom. The highest BCUT2D eigenvalue weighted by Crippen LogP contribution is 2.78. The van der Waals surface area contributed by atoms with Crippen LogP contribution in [0.3, 0.4) is 0 Å². The van der Waals surface area contributed by atoms with Gasteiger partial charge in [0.2, 0.25) is 0 Å². The standard InChI is InChI=1S/C30H52/c1-20(2)21-12-17-27(5)22(21)13-18-29(7)24(27)10-11-25-28(6)16-9-15-26(3,4)23(28)14-19-30(25,29)8/h20-25H,9-19H2,1-8H3/t21-,22+,23-,24-,25-,27+,28+,29-,30-/m1/s1. The largest absolute Gasteiger partial charge is 0.0625 e. The van der Waals surface area contributed by atoms with Gasteiger partial charge in [-0.15, -0.1) is 0 Å². The highest BCUT2D eigenvalue weighted by atomic mass is 14.7. The first-order valence-electron chi connectivity index (χ1n) is 13.9. The van der Waals surface area contributed by atoms with Crippen LogP contribution in [0.5, 0.6) is 0 Å². The van der Waals surface area contributed by atoms with E-state index in [1.807, 2.05) is 0 Å². The van der Waals surface area contributed by atoms with Crippen molar-refractivity contribution in [1.29, 1.82) is 0 Å². The van der Waals surface area contributed by atoms with E-state index < -0.39 is 0 Å². The molecule has 9 atom stereocenters. The zero-order valence-corrected chi connectivity index (χ0v) is 21.7. The van der Waals surface area contributed by atoms with Crippen molar-refractivity contribution < 1.29 is 0 Å². The molecule has 0 bridgehead atoms. The van der Waals surface area contributed by atoms with Crippen LogP contribution < -0.4 is 0 Å². The van der Waals surface area contributed by atoms with Crippen molar-refractivity contribution in [2.24, 2.45) is 62.6 Å². The molecule has 172 valence electrons. The van der Waals surface area contributed by atoms with Crippen molar-refractivity contribution in [3.05, 3.63) is 0 Å². The van der Waals surface area contributed by atoms with E-state index in [4.69, 9.17) is 0 Å². The second-order valence-corrected chi connectivity index (χ2v) is 15.1. The van der Waals surface area contributed by atoms with Crippen molar-refractivity contribution in [3.63, 3.8) is 0 Å². The third-order valence-electron chi connectivity index (χ3n) is 13.6. The summed E-state index contributed by atoms with van der Waals surface area (Å²) in [5, 5.41) is 0. The fourth-order valence-corrected chi connectivity index (χ4v) is 12.1. The van der Waals surface area contributed by atoms with Gasteiger partial charge < -0.3 is 0 Å². The van der Waals surface area contributed by atoms with E-state index >= 15 is 0 Å². The molecule has 30 heavy (non-hydrogen) atoms. The smallest absolute Gasteiger partial charge is 0.0235 e. The molecule has 0 saturated heterocycles. The molecule has 5 aliphatic rings. The maximum Gasteiger partial charge on any atom is -0.0235 e. The van der Waals surface area contributed by atoms with Crippen LogP contribution in [0, 0.1) is 62.6 Å². The van der Waals surface area contributed by atoms with Gasteiger partial charge in [-0.25, -0.2) is 0 Å². The predicted molar refractivity (Wildman–Crippen MR) is 129 cm³/mol. The van der Waals surface area contributed by atoms with Crippen molar-refractivity contribution in [2.75, 3.05) is 0 Å². The highest BCUT2D eigenvalue weighted by molar-refractivity contribution is 5.18. The summed E-state index contributed by atoms with van der Waals surface area (Å²) in [6.45, 7) is 21.4. The van der Waals surface area contributed by atoms with Crippen LogP contribution >= 0.6 is 0 Å². The van der Waals surface area contributed by atoms with E-state index in [-0.39, 0.29) is 0 Å². The summed E-state index contributed by atoms with van der Waals surface area (Å²) < 4.78 is 0. The lowest BCUT2D eigenvalue weighted by Gasteiger charge is -2.73. The van der Waals surface area contributed by atoms with Crippen molar-refractivity contribution in [3.8, 4) is 0 Å². The van der Waals surface area contributed by atoms with Gasteiger partial charge in [-0.1, -0.05) is 61.8 Å². The second-order valence-electron chi connectivity index (χ2n) is 15.1. The zero-order chi connectivity index (χ0) is 21.7. The Kier molecular flexibility index (Phi) is 4.75. The topological polar surface area (TPSA) is 0 Å². The van der Waals surface area contributed by atoms with Gasteiger partial charge in [0.1, 0.15) is 0 Å². The summed E-state index contributed by atoms with van der Waals surface area (Å²) in [6.07, 6.45) is 16.6. The molecule has 0 radical (unpaired) electrons. The van der Waals surface area contributed by atoms with Gasteiger partial charge in [-0.3, -0.25) is 0 Å². The first-order chi connectivity index (χ1) is 13.9. The van der Waals surface area contributed by atoms with Crippen LogP contribution in [-0.2, 0) is 0 Å². The molecule has 0 spiro atoms. The summed E-state index contributed by atoms with van der Waals surface area (Å²) in [6, 6.07) is 0. The molecular formula is C30H52. The molecule has 5 fully saturated rings. The van der Waals surface area contributed by atoms with Gasteiger partial charge in [-0.05, 0) is 127 Å². The molecule has 0 aromatic heterocycles. The van der Waals surface area contributed by atoms with Crippen molar-refractivity contribution >= 4 is 0 Å². The van der Waals surface area contributed by atoms with Crippen LogP contribution in [0.2, 0.25) is 0 Å². The normalized spacial score (nSPS) is 57.3. The minimum atomic E-state index is 0.561. The average Bonchev–Trinajstić information content (AvgIpc) is 2.99. The van der Waals surface area contributed by atoms with Crippen molar-refractivity contribution in [2.45, 2.75) is 126 Å². The maximum atomic E-state index is 2.81. The minimum Gasteiger partial charge on any atom is -0.0625 e. The fourth-order valence-electron chi connectivity index (χ4n) is 12.1. The summed E-state index contributed by atoms with van der Waals surface area (Å²) in [5.74, 6) is 5.79. The molecule has 0 aromatic rings. The van der Waals surface area contributed by atoms with Gasteiger partial charge >= 0.3 is 0 Å². The van der Waals surface area contributed by atoms with Gasteiger partial charge in [-0.2, -0.15) is 0 Å². The third-order valence-corrected chi connectivity index (χ3v) is 13.6. The van der Waals surface area contributed by atoms with Crippen LogP contribution in [0.1, 0.15) is 126 Å². The lowest BCUT2D eigenvalue weighted by atomic mass is 9.32. The van der Waals surface area contributed by atoms with E-state index in [0.717, 1.165) is 35.5 Å². The molecule has 0 unspecified atom stereocenters. The van der Waals surface area contributed by atoms with Gasteiger partial charge in [0.05, 0.1) is 0 Å². The van der Waals surface area contributed by atoms with Crippen molar-refractivity contribution in [1.82, 2.24) is 0 Å². The Morgan fingerprint density at radius 2 is 1.17 bits per heavy atom. The first kappa shape index (κ1) is 21.8. The molecule has 0 nitrogen and oxygen atoms in total.